The molecule has 1 N–H and O–H groups in total. The summed E-state index contributed by atoms with van der Waals surface area (Å²) < 4.78 is 13.4. The van der Waals surface area contributed by atoms with E-state index in [2.05, 4.69) is 9.97 Å². The first-order valence-electron chi connectivity index (χ1n) is 8.12. The van der Waals surface area contributed by atoms with Crippen LogP contribution in [0.2, 0.25) is 0 Å². The zero-order valence-electron chi connectivity index (χ0n) is 14.3. The lowest BCUT2D eigenvalue weighted by Gasteiger charge is -2.21. The van der Waals surface area contributed by atoms with Gasteiger partial charge in [-0.25, -0.2) is 19.2 Å². The maximum atomic E-state index is 13.4. The SMILES string of the molecule is CN(c1ccccc1)c1nc2sc(C(=O)O)cc2nc1-c1ccc(F)cc1. The Kier molecular flexibility index (Phi) is 4.29. The van der Waals surface area contributed by atoms with Gasteiger partial charge < -0.3 is 10.0 Å². The molecule has 0 saturated heterocycles. The smallest absolute Gasteiger partial charge is 0.346 e. The fourth-order valence-corrected chi connectivity index (χ4v) is 3.57. The number of hydrogen-bond acceptors (Lipinski definition) is 5. The highest BCUT2D eigenvalue weighted by molar-refractivity contribution is 7.20. The van der Waals surface area contributed by atoms with Gasteiger partial charge in [-0.2, -0.15) is 0 Å². The molecule has 4 rings (SSSR count). The highest BCUT2D eigenvalue weighted by Gasteiger charge is 2.19. The molecule has 0 bridgehead atoms. The summed E-state index contributed by atoms with van der Waals surface area (Å²) in [4.78, 5) is 23.2. The van der Waals surface area contributed by atoms with E-state index in [9.17, 15) is 14.3 Å². The maximum Gasteiger partial charge on any atom is 0.346 e. The molecule has 0 saturated carbocycles. The lowest BCUT2D eigenvalue weighted by molar-refractivity contribution is 0.0702. The van der Waals surface area contributed by atoms with Gasteiger partial charge in [0.05, 0.1) is 0 Å². The number of nitrogens with zero attached hydrogens (tertiary/aromatic N) is 3. The minimum Gasteiger partial charge on any atom is -0.477 e. The molecule has 0 unspecified atom stereocenters. The highest BCUT2D eigenvalue weighted by Crippen LogP contribution is 2.35. The van der Waals surface area contributed by atoms with Crippen LogP contribution in [0.1, 0.15) is 9.67 Å². The third-order valence-electron chi connectivity index (χ3n) is 4.13. The van der Waals surface area contributed by atoms with Crippen molar-refractivity contribution in [3.63, 3.8) is 0 Å². The van der Waals surface area contributed by atoms with Crippen LogP contribution in [0.15, 0.2) is 60.7 Å². The van der Waals surface area contributed by atoms with E-state index < -0.39 is 5.97 Å². The van der Waals surface area contributed by atoms with E-state index in [1.807, 2.05) is 42.3 Å². The van der Waals surface area contributed by atoms with Crippen LogP contribution in [0.25, 0.3) is 21.6 Å². The Morgan fingerprint density at radius 2 is 1.78 bits per heavy atom. The van der Waals surface area contributed by atoms with Gasteiger partial charge in [0.25, 0.3) is 0 Å². The number of aromatic carboxylic acids is 1. The molecule has 0 aliphatic rings. The summed E-state index contributed by atoms with van der Waals surface area (Å²) in [5.74, 6) is -0.783. The Hall–Kier alpha value is -3.32. The second kappa shape index (κ2) is 6.77. The van der Waals surface area contributed by atoms with Crippen molar-refractivity contribution < 1.29 is 14.3 Å². The zero-order chi connectivity index (χ0) is 19.0. The second-order valence-corrected chi connectivity index (χ2v) is 6.93. The third-order valence-corrected chi connectivity index (χ3v) is 5.14. The predicted octanol–water partition coefficient (Wildman–Crippen LogP) is 4.96. The van der Waals surface area contributed by atoms with Gasteiger partial charge in [0.2, 0.25) is 0 Å². The van der Waals surface area contributed by atoms with Crippen LogP contribution >= 0.6 is 11.3 Å². The standard InChI is InChI=1S/C20H14FN3O2S/c1-24(14-5-3-2-4-6-14)18-17(12-7-9-13(21)10-8-12)22-15-11-16(20(25)26)27-19(15)23-18/h2-11H,1H3,(H,25,26). The summed E-state index contributed by atoms with van der Waals surface area (Å²) in [5, 5.41) is 9.26. The van der Waals surface area contributed by atoms with E-state index in [4.69, 9.17) is 0 Å². The number of aromatic nitrogens is 2. The predicted molar refractivity (Wildman–Crippen MR) is 104 cm³/mol. The van der Waals surface area contributed by atoms with Crippen LogP contribution < -0.4 is 4.90 Å². The quantitative estimate of drug-likeness (QED) is 0.543. The number of carbonyl (C=O) groups is 1. The molecule has 2 aromatic carbocycles. The number of halogens is 1. The summed E-state index contributed by atoms with van der Waals surface area (Å²) in [7, 11) is 1.86. The molecule has 0 atom stereocenters. The summed E-state index contributed by atoms with van der Waals surface area (Å²) in [6, 6.07) is 17.2. The van der Waals surface area contributed by atoms with Crippen molar-refractivity contribution in [3.8, 4) is 11.3 Å². The van der Waals surface area contributed by atoms with Gasteiger partial charge in [0.15, 0.2) is 5.82 Å². The van der Waals surface area contributed by atoms with Crippen LogP contribution in [0.3, 0.4) is 0 Å². The number of carboxylic acids is 1. The van der Waals surface area contributed by atoms with Gasteiger partial charge in [0.1, 0.15) is 26.7 Å². The van der Waals surface area contributed by atoms with Crippen LogP contribution in [0, 0.1) is 5.82 Å². The fourth-order valence-electron chi connectivity index (χ4n) is 2.77. The number of rotatable bonds is 4. The molecule has 0 amide bonds. The zero-order valence-corrected chi connectivity index (χ0v) is 15.1. The molecule has 27 heavy (non-hydrogen) atoms. The Balaban J connectivity index is 1.94. The number of para-hydroxylation sites is 1. The number of fused-ring (bicyclic) bond motifs is 1. The molecular formula is C20H14FN3O2S. The largest absolute Gasteiger partial charge is 0.477 e. The lowest BCUT2D eigenvalue weighted by atomic mass is 10.1. The van der Waals surface area contributed by atoms with Crippen LogP contribution in [0.5, 0.6) is 0 Å². The number of carboxylic acid groups (broad SMARTS) is 1. The number of thiophene rings is 1. The third kappa shape index (κ3) is 3.24. The second-order valence-electron chi connectivity index (χ2n) is 5.90. The summed E-state index contributed by atoms with van der Waals surface area (Å²) in [5.41, 5.74) is 2.67. The molecule has 0 aliphatic carbocycles. The number of anilines is 2. The number of hydrogen-bond donors (Lipinski definition) is 1. The van der Waals surface area contributed by atoms with Crippen molar-refractivity contribution in [2.75, 3.05) is 11.9 Å². The van der Waals surface area contributed by atoms with Gasteiger partial charge in [-0.3, -0.25) is 0 Å². The van der Waals surface area contributed by atoms with Crippen LogP contribution in [-0.2, 0) is 0 Å². The van der Waals surface area contributed by atoms with Gasteiger partial charge in [-0.15, -0.1) is 11.3 Å². The first-order valence-corrected chi connectivity index (χ1v) is 8.94. The highest BCUT2D eigenvalue weighted by atomic mass is 32.1. The Labute approximate surface area is 158 Å². The lowest BCUT2D eigenvalue weighted by Crippen LogP contribution is -2.13. The maximum absolute atomic E-state index is 13.4. The van der Waals surface area contributed by atoms with Gasteiger partial charge >= 0.3 is 5.97 Å². The summed E-state index contributed by atoms with van der Waals surface area (Å²) in [6.07, 6.45) is 0. The van der Waals surface area contributed by atoms with E-state index in [0.717, 1.165) is 17.0 Å². The topological polar surface area (TPSA) is 66.3 Å². The van der Waals surface area contributed by atoms with Crippen molar-refractivity contribution in [1.82, 2.24) is 9.97 Å². The summed E-state index contributed by atoms with van der Waals surface area (Å²) in [6.45, 7) is 0. The molecule has 5 nitrogen and oxygen atoms in total. The molecule has 0 fully saturated rings. The average molecular weight is 379 g/mol. The Morgan fingerprint density at radius 3 is 2.44 bits per heavy atom. The van der Waals surface area contributed by atoms with E-state index in [1.54, 1.807) is 12.1 Å². The molecule has 2 heterocycles. The molecule has 4 aromatic rings. The molecule has 0 radical (unpaired) electrons. The molecule has 0 aliphatic heterocycles. The fraction of sp³-hybridized carbons (Fsp3) is 0.0500. The minimum absolute atomic E-state index is 0.176. The Morgan fingerprint density at radius 1 is 1.07 bits per heavy atom. The number of benzene rings is 2. The molecule has 134 valence electrons. The minimum atomic E-state index is -1.01. The molecule has 2 aromatic heterocycles. The van der Waals surface area contributed by atoms with E-state index in [-0.39, 0.29) is 10.7 Å². The molecular weight excluding hydrogens is 365 g/mol. The summed E-state index contributed by atoms with van der Waals surface area (Å²) >= 11 is 1.08. The van der Waals surface area contributed by atoms with Crippen LogP contribution in [-0.4, -0.2) is 28.1 Å². The normalized spacial score (nSPS) is 10.9. The van der Waals surface area contributed by atoms with Crippen molar-refractivity contribution in [2.45, 2.75) is 0 Å². The van der Waals surface area contributed by atoms with Crippen molar-refractivity contribution in [3.05, 3.63) is 71.4 Å². The van der Waals surface area contributed by atoms with E-state index in [1.165, 1.54) is 18.2 Å². The molecule has 7 heteroatoms. The van der Waals surface area contributed by atoms with Crippen molar-refractivity contribution in [1.29, 1.82) is 0 Å². The average Bonchev–Trinajstić information content (AvgIpc) is 3.11. The monoisotopic (exact) mass is 379 g/mol. The van der Waals surface area contributed by atoms with E-state index >= 15 is 0 Å². The molecule has 0 spiro atoms. The van der Waals surface area contributed by atoms with Crippen molar-refractivity contribution in [2.24, 2.45) is 0 Å². The Bertz CT molecular complexity index is 1130. The van der Waals surface area contributed by atoms with Gasteiger partial charge in [-0.1, -0.05) is 18.2 Å². The van der Waals surface area contributed by atoms with Crippen LogP contribution in [0.4, 0.5) is 15.9 Å². The first-order chi connectivity index (χ1) is 13.0. The van der Waals surface area contributed by atoms with Gasteiger partial charge in [-0.05, 0) is 42.5 Å². The van der Waals surface area contributed by atoms with Gasteiger partial charge in [0, 0.05) is 18.3 Å². The first kappa shape index (κ1) is 17.1. The van der Waals surface area contributed by atoms with Crippen molar-refractivity contribution >= 4 is 39.2 Å². The van der Waals surface area contributed by atoms with E-state index in [0.29, 0.717) is 27.4 Å².